The Morgan fingerprint density at radius 3 is 2.62 bits per heavy atom. The van der Waals surface area contributed by atoms with E-state index in [0.717, 1.165) is 24.6 Å². The molecule has 26 heavy (non-hydrogen) atoms. The number of carbonyl (C=O) groups is 1. The predicted octanol–water partition coefficient (Wildman–Crippen LogP) is 5.75. The molecule has 0 N–H and O–H groups in total. The molecule has 1 aliphatic heterocycles. The zero-order valence-electron chi connectivity index (χ0n) is 13.6. The third kappa shape index (κ3) is 3.78. The van der Waals surface area contributed by atoms with E-state index in [-0.39, 0.29) is 10.8 Å². The largest absolute Gasteiger partial charge is 0.456 e. The highest BCUT2D eigenvalue weighted by atomic mass is 35.5. The summed E-state index contributed by atoms with van der Waals surface area (Å²) in [5.74, 6) is -0.134. The van der Waals surface area contributed by atoms with Gasteiger partial charge in [0.15, 0.2) is 0 Å². The maximum absolute atomic E-state index is 12.7. The minimum absolute atomic E-state index is 0.0656. The highest BCUT2D eigenvalue weighted by Gasteiger charge is 2.33. The molecule has 138 valence electrons. The summed E-state index contributed by atoms with van der Waals surface area (Å²) in [6.07, 6.45) is -4.57. The molecule has 0 saturated heterocycles. The highest BCUT2D eigenvalue weighted by Crippen LogP contribution is 2.39. The van der Waals surface area contributed by atoms with Gasteiger partial charge >= 0.3 is 12.1 Å². The monoisotopic (exact) mass is 386 g/mol. The van der Waals surface area contributed by atoms with Gasteiger partial charge in [0.2, 0.25) is 6.29 Å². The van der Waals surface area contributed by atoms with Gasteiger partial charge in [0.25, 0.3) is 0 Å². The van der Waals surface area contributed by atoms with Crippen LogP contribution in [0.3, 0.4) is 0 Å². The molecular formula is C18H14ClF3O4. The van der Waals surface area contributed by atoms with Crippen LogP contribution in [0.2, 0.25) is 5.02 Å². The van der Waals surface area contributed by atoms with Crippen LogP contribution in [0.15, 0.2) is 36.4 Å². The molecule has 1 aliphatic rings. The Hall–Kier alpha value is -2.25. The van der Waals surface area contributed by atoms with Gasteiger partial charge in [-0.2, -0.15) is 13.2 Å². The standard InChI is InChI=1S/C18H14ClF3O4/c1-2-7-24-17-13-9-11(4-5-12(13)16(23)26-17)25-15-6-3-10(8-14(15)19)18(20,21)22/h3-6,8-9,17H,2,7H2,1H3. The quantitative estimate of drug-likeness (QED) is 0.614. The number of rotatable bonds is 5. The number of carbonyl (C=O) groups excluding carboxylic acids is 1. The predicted molar refractivity (Wildman–Crippen MR) is 87.4 cm³/mol. The summed E-state index contributed by atoms with van der Waals surface area (Å²) >= 11 is 5.89. The van der Waals surface area contributed by atoms with Crippen LogP contribution < -0.4 is 4.74 Å². The normalized spacial score (nSPS) is 16.3. The van der Waals surface area contributed by atoms with Gasteiger partial charge in [-0.05, 0) is 42.8 Å². The number of hydrogen-bond acceptors (Lipinski definition) is 4. The Balaban J connectivity index is 1.85. The Kier molecular flexibility index (Phi) is 5.11. The van der Waals surface area contributed by atoms with Gasteiger partial charge in [-0.15, -0.1) is 0 Å². The van der Waals surface area contributed by atoms with Crippen molar-refractivity contribution in [3.8, 4) is 11.5 Å². The molecule has 0 aliphatic carbocycles. The lowest BCUT2D eigenvalue weighted by Crippen LogP contribution is -2.05. The first kappa shape index (κ1) is 18.5. The maximum atomic E-state index is 12.7. The lowest BCUT2D eigenvalue weighted by atomic mass is 10.1. The van der Waals surface area contributed by atoms with Crippen molar-refractivity contribution >= 4 is 17.6 Å². The number of alkyl halides is 3. The molecule has 4 nitrogen and oxygen atoms in total. The fraction of sp³-hybridized carbons (Fsp3) is 0.278. The Labute approximate surface area is 152 Å². The van der Waals surface area contributed by atoms with E-state index in [9.17, 15) is 18.0 Å². The van der Waals surface area contributed by atoms with Crippen molar-refractivity contribution in [1.82, 2.24) is 0 Å². The second-order valence-electron chi connectivity index (χ2n) is 5.60. The van der Waals surface area contributed by atoms with Crippen LogP contribution in [0, 0.1) is 0 Å². The number of hydrogen-bond donors (Lipinski definition) is 0. The average molecular weight is 387 g/mol. The number of esters is 1. The molecule has 8 heteroatoms. The molecule has 2 aromatic rings. The van der Waals surface area contributed by atoms with Crippen molar-refractivity contribution < 1.29 is 32.2 Å². The summed E-state index contributed by atoms with van der Waals surface area (Å²) in [5, 5.41) is -0.175. The van der Waals surface area contributed by atoms with Crippen molar-refractivity contribution in [2.45, 2.75) is 25.8 Å². The third-order valence-electron chi connectivity index (χ3n) is 3.67. The van der Waals surface area contributed by atoms with Crippen LogP contribution in [0.4, 0.5) is 13.2 Å². The first-order valence-corrected chi connectivity index (χ1v) is 8.18. The smallest absolute Gasteiger partial charge is 0.416 e. The van der Waals surface area contributed by atoms with E-state index in [1.165, 1.54) is 12.1 Å². The first-order valence-electron chi connectivity index (χ1n) is 7.80. The lowest BCUT2D eigenvalue weighted by molar-refractivity contribution is -0.137. The minimum atomic E-state index is -4.49. The molecule has 0 bridgehead atoms. The number of halogens is 4. The highest BCUT2D eigenvalue weighted by molar-refractivity contribution is 6.32. The average Bonchev–Trinajstić information content (AvgIpc) is 2.89. The van der Waals surface area contributed by atoms with Crippen molar-refractivity contribution in [3.63, 3.8) is 0 Å². The van der Waals surface area contributed by atoms with Crippen LogP contribution in [-0.2, 0) is 15.7 Å². The third-order valence-corrected chi connectivity index (χ3v) is 3.97. The van der Waals surface area contributed by atoms with Gasteiger partial charge in [0, 0.05) is 5.56 Å². The fourth-order valence-electron chi connectivity index (χ4n) is 2.44. The van der Waals surface area contributed by atoms with E-state index >= 15 is 0 Å². The molecule has 0 amide bonds. The van der Waals surface area contributed by atoms with Crippen molar-refractivity contribution in [3.05, 3.63) is 58.1 Å². The molecule has 0 saturated carbocycles. The maximum Gasteiger partial charge on any atom is 0.416 e. The molecule has 1 heterocycles. The molecule has 3 rings (SSSR count). The van der Waals surface area contributed by atoms with E-state index in [1.54, 1.807) is 6.07 Å². The van der Waals surface area contributed by atoms with Crippen LogP contribution >= 0.6 is 11.6 Å². The topological polar surface area (TPSA) is 44.8 Å². The summed E-state index contributed by atoms with van der Waals surface area (Å²) in [5.41, 5.74) is -0.00298. The van der Waals surface area contributed by atoms with Crippen LogP contribution in [-0.4, -0.2) is 12.6 Å². The van der Waals surface area contributed by atoms with E-state index < -0.39 is 24.0 Å². The summed E-state index contributed by atoms with van der Waals surface area (Å²) < 4.78 is 54.3. The number of cyclic esters (lactones) is 1. The molecule has 2 aromatic carbocycles. The molecule has 0 spiro atoms. The molecule has 0 fully saturated rings. The number of ether oxygens (including phenoxy) is 3. The van der Waals surface area contributed by atoms with Crippen molar-refractivity contribution in [2.75, 3.05) is 6.61 Å². The fourth-order valence-corrected chi connectivity index (χ4v) is 2.66. The summed E-state index contributed by atoms with van der Waals surface area (Å²) in [7, 11) is 0. The minimum Gasteiger partial charge on any atom is -0.456 e. The molecule has 0 aromatic heterocycles. The van der Waals surface area contributed by atoms with Gasteiger partial charge in [0.05, 0.1) is 22.8 Å². The van der Waals surface area contributed by atoms with Gasteiger partial charge in [-0.3, -0.25) is 0 Å². The van der Waals surface area contributed by atoms with Crippen LogP contribution in [0.5, 0.6) is 11.5 Å². The van der Waals surface area contributed by atoms with Crippen LogP contribution in [0.1, 0.15) is 41.1 Å². The van der Waals surface area contributed by atoms with Gasteiger partial charge in [0.1, 0.15) is 11.5 Å². The van der Waals surface area contributed by atoms with E-state index in [4.69, 9.17) is 25.8 Å². The molecular weight excluding hydrogens is 373 g/mol. The van der Waals surface area contributed by atoms with E-state index in [2.05, 4.69) is 0 Å². The van der Waals surface area contributed by atoms with Gasteiger partial charge in [-0.1, -0.05) is 18.5 Å². The summed E-state index contributed by atoms with van der Waals surface area (Å²) in [6.45, 7) is 2.33. The summed E-state index contributed by atoms with van der Waals surface area (Å²) in [6, 6.07) is 7.40. The van der Waals surface area contributed by atoms with Crippen molar-refractivity contribution in [2.24, 2.45) is 0 Å². The van der Waals surface area contributed by atoms with E-state index in [0.29, 0.717) is 23.5 Å². The summed E-state index contributed by atoms with van der Waals surface area (Å²) in [4.78, 5) is 11.8. The second kappa shape index (κ2) is 7.17. The molecule has 1 unspecified atom stereocenters. The first-order chi connectivity index (χ1) is 12.3. The Bertz CT molecular complexity index is 836. The Morgan fingerprint density at radius 1 is 1.19 bits per heavy atom. The number of benzene rings is 2. The zero-order chi connectivity index (χ0) is 18.9. The zero-order valence-corrected chi connectivity index (χ0v) is 14.4. The van der Waals surface area contributed by atoms with Gasteiger partial charge in [-0.25, -0.2) is 4.79 Å². The second-order valence-corrected chi connectivity index (χ2v) is 6.01. The van der Waals surface area contributed by atoms with E-state index in [1.807, 2.05) is 6.92 Å². The SMILES string of the molecule is CCCOC1OC(=O)c2ccc(Oc3ccc(C(F)(F)F)cc3Cl)cc21. The lowest BCUT2D eigenvalue weighted by Gasteiger charge is -2.13. The van der Waals surface area contributed by atoms with Crippen LogP contribution in [0.25, 0.3) is 0 Å². The van der Waals surface area contributed by atoms with Gasteiger partial charge < -0.3 is 14.2 Å². The molecule has 0 radical (unpaired) electrons. The van der Waals surface area contributed by atoms with Crippen molar-refractivity contribution in [1.29, 1.82) is 0 Å². The Morgan fingerprint density at radius 2 is 1.96 bits per heavy atom. The number of fused-ring (bicyclic) bond motifs is 1. The molecule has 1 atom stereocenters.